The van der Waals surface area contributed by atoms with E-state index in [4.69, 9.17) is 10.5 Å². The molecule has 0 aliphatic carbocycles. The predicted octanol–water partition coefficient (Wildman–Crippen LogP) is 1.69. The van der Waals surface area contributed by atoms with Gasteiger partial charge in [0.2, 0.25) is 0 Å². The number of anilines is 2. The van der Waals surface area contributed by atoms with Crippen molar-refractivity contribution in [1.29, 1.82) is 0 Å². The molecule has 94 valence electrons. The van der Waals surface area contributed by atoms with Gasteiger partial charge in [-0.3, -0.25) is 0 Å². The summed E-state index contributed by atoms with van der Waals surface area (Å²) >= 11 is 0. The standard InChI is InChI=1S/C12H19N3O2/c1-4-6-15(3)11-7-9(10(13)8-14-11)12(16)17-5-2/h7-8H,4-6,13H2,1-3H3. The minimum absolute atomic E-state index is 0.334. The average molecular weight is 237 g/mol. The smallest absolute Gasteiger partial charge is 0.340 e. The van der Waals surface area contributed by atoms with E-state index >= 15 is 0 Å². The Bertz CT molecular complexity index is 393. The lowest BCUT2D eigenvalue weighted by molar-refractivity contribution is 0.0527. The first kappa shape index (κ1) is 13.3. The Morgan fingerprint density at radius 1 is 1.53 bits per heavy atom. The molecule has 0 unspecified atom stereocenters. The van der Waals surface area contributed by atoms with Gasteiger partial charge in [-0.2, -0.15) is 0 Å². The Morgan fingerprint density at radius 3 is 2.82 bits per heavy atom. The summed E-state index contributed by atoms with van der Waals surface area (Å²) in [6.07, 6.45) is 2.51. The van der Waals surface area contributed by atoms with E-state index in [1.807, 2.05) is 11.9 Å². The van der Waals surface area contributed by atoms with Crippen LogP contribution < -0.4 is 10.6 Å². The van der Waals surface area contributed by atoms with Crippen LogP contribution in [0, 0.1) is 0 Å². The largest absolute Gasteiger partial charge is 0.462 e. The zero-order valence-electron chi connectivity index (χ0n) is 10.6. The number of hydrogen-bond acceptors (Lipinski definition) is 5. The van der Waals surface area contributed by atoms with Crippen LogP contribution in [-0.2, 0) is 4.74 Å². The molecule has 1 aromatic heterocycles. The van der Waals surface area contributed by atoms with Gasteiger partial charge < -0.3 is 15.4 Å². The molecule has 17 heavy (non-hydrogen) atoms. The molecule has 5 heteroatoms. The summed E-state index contributed by atoms with van der Waals surface area (Å²) in [7, 11) is 1.93. The Morgan fingerprint density at radius 2 is 2.24 bits per heavy atom. The number of hydrogen-bond donors (Lipinski definition) is 1. The molecule has 0 spiro atoms. The highest BCUT2D eigenvalue weighted by molar-refractivity contribution is 5.95. The molecular weight excluding hydrogens is 218 g/mol. The molecule has 0 aliphatic heterocycles. The van der Waals surface area contributed by atoms with E-state index in [2.05, 4.69) is 11.9 Å². The second-order valence-electron chi connectivity index (χ2n) is 3.77. The van der Waals surface area contributed by atoms with E-state index < -0.39 is 5.97 Å². The van der Waals surface area contributed by atoms with Crippen LogP contribution in [-0.4, -0.2) is 31.2 Å². The van der Waals surface area contributed by atoms with Crippen LogP contribution in [0.1, 0.15) is 30.6 Å². The lowest BCUT2D eigenvalue weighted by Crippen LogP contribution is -2.20. The van der Waals surface area contributed by atoms with E-state index in [0.717, 1.165) is 18.8 Å². The van der Waals surface area contributed by atoms with Gasteiger partial charge in [0.25, 0.3) is 0 Å². The minimum atomic E-state index is -0.404. The molecule has 1 aromatic rings. The van der Waals surface area contributed by atoms with E-state index in [9.17, 15) is 4.79 Å². The molecule has 0 saturated heterocycles. The normalized spacial score (nSPS) is 10.1. The summed E-state index contributed by atoms with van der Waals surface area (Å²) in [5.41, 5.74) is 6.43. The van der Waals surface area contributed by atoms with Crippen LogP contribution in [0.3, 0.4) is 0 Å². The average Bonchev–Trinajstić information content (AvgIpc) is 2.30. The molecule has 1 rings (SSSR count). The number of nitrogen functional groups attached to an aromatic ring is 1. The van der Waals surface area contributed by atoms with Gasteiger partial charge >= 0.3 is 5.97 Å². The number of ether oxygens (including phenoxy) is 1. The van der Waals surface area contributed by atoms with Crippen molar-refractivity contribution < 1.29 is 9.53 Å². The first-order valence-electron chi connectivity index (χ1n) is 5.73. The van der Waals surface area contributed by atoms with E-state index in [0.29, 0.717) is 17.9 Å². The van der Waals surface area contributed by atoms with Crippen molar-refractivity contribution >= 4 is 17.5 Å². The van der Waals surface area contributed by atoms with Gasteiger partial charge in [-0.05, 0) is 19.4 Å². The lowest BCUT2D eigenvalue weighted by atomic mass is 10.2. The Kier molecular flexibility index (Phi) is 4.75. The second kappa shape index (κ2) is 6.08. The van der Waals surface area contributed by atoms with Crippen LogP contribution in [0.2, 0.25) is 0 Å². The van der Waals surface area contributed by atoms with Crippen molar-refractivity contribution in [3.8, 4) is 0 Å². The summed E-state index contributed by atoms with van der Waals surface area (Å²) in [6, 6.07) is 1.67. The minimum Gasteiger partial charge on any atom is -0.462 e. The zero-order chi connectivity index (χ0) is 12.8. The van der Waals surface area contributed by atoms with Gasteiger partial charge in [-0.25, -0.2) is 9.78 Å². The van der Waals surface area contributed by atoms with Crippen LogP contribution in [0.25, 0.3) is 0 Å². The molecule has 0 bridgehead atoms. The fourth-order valence-corrected chi connectivity index (χ4v) is 1.50. The fraction of sp³-hybridized carbons (Fsp3) is 0.500. The predicted molar refractivity (Wildman–Crippen MR) is 68.2 cm³/mol. The maximum absolute atomic E-state index is 11.6. The van der Waals surface area contributed by atoms with E-state index in [1.54, 1.807) is 13.0 Å². The highest BCUT2D eigenvalue weighted by atomic mass is 16.5. The molecule has 0 amide bonds. The van der Waals surface area contributed by atoms with Crippen LogP contribution in [0.5, 0.6) is 0 Å². The van der Waals surface area contributed by atoms with Crippen molar-refractivity contribution in [2.75, 3.05) is 30.8 Å². The first-order chi connectivity index (χ1) is 8.10. The van der Waals surface area contributed by atoms with Crippen molar-refractivity contribution in [2.45, 2.75) is 20.3 Å². The number of esters is 1. The third kappa shape index (κ3) is 3.34. The van der Waals surface area contributed by atoms with Gasteiger partial charge in [0.15, 0.2) is 0 Å². The SMILES string of the molecule is CCCN(C)c1cc(C(=O)OCC)c(N)cn1. The first-order valence-corrected chi connectivity index (χ1v) is 5.73. The molecule has 0 radical (unpaired) electrons. The lowest BCUT2D eigenvalue weighted by Gasteiger charge is -2.18. The third-order valence-electron chi connectivity index (χ3n) is 2.37. The molecule has 0 fully saturated rings. The van der Waals surface area contributed by atoms with Crippen molar-refractivity contribution in [3.05, 3.63) is 17.8 Å². The number of aromatic nitrogens is 1. The molecule has 1 heterocycles. The third-order valence-corrected chi connectivity index (χ3v) is 2.37. The number of carbonyl (C=O) groups is 1. The molecule has 0 atom stereocenters. The maximum atomic E-state index is 11.6. The quantitative estimate of drug-likeness (QED) is 0.789. The Labute approximate surface area is 102 Å². The zero-order valence-corrected chi connectivity index (χ0v) is 10.6. The molecule has 0 aliphatic rings. The highest BCUT2D eigenvalue weighted by Gasteiger charge is 2.13. The molecule has 0 saturated carbocycles. The van der Waals surface area contributed by atoms with Gasteiger partial charge in [0, 0.05) is 13.6 Å². The highest BCUT2D eigenvalue weighted by Crippen LogP contribution is 2.18. The van der Waals surface area contributed by atoms with E-state index in [1.165, 1.54) is 6.20 Å². The van der Waals surface area contributed by atoms with Gasteiger partial charge in [-0.15, -0.1) is 0 Å². The van der Waals surface area contributed by atoms with Crippen LogP contribution >= 0.6 is 0 Å². The molecule has 5 nitrogen and oxygen atoms in total. The van der Waals surface area contributed by atoms with E-state index in [-0.39, 0.29) is 0 Å². The Hall–Kier alpha value is -1.78. The Balaban J connectivity index is 2.97. The fourth-order valence-electron chi connectivity index (χ4n) is 1.50. The van der Waals surface area contributed by atoms with Gasteiger partial charge in [0.1, 0.15) is 5.82 Å². The number of carbonyl (C=O) groups excluding carboxylic acids is 1. The summed E-state index contributed by atoms with van der Waals surface area (Å²) in [4.78, 5) is 17.8. The monoisotopic (exact) mass is 237 g/mol. The molecule has 0 aromatic carbocycles. The molecular formula is C12H19N3O2. The van der Waals surface area contributed by atoms with Gasteiger partial charge in [0.05, 0.1) is 24.1 Å². The number of pyridine rings is 1. The summed E-state index contributed by atoms with van der Waals surface area (Å²) in [6.45, 7) is 5.05. The molecule has 2 N–H and O–H groups in total. The topological polar surface area (TPSA) is 68.5 Å². The van der Waals surface area contributed by atoms with Gasteiger partial charge in [-0.1, -0.05) is 6.92 Å². The van der Waals surface area contributed by atoms with Crippen molar-refractivity contribution in [3.63, 3.8) is 0 Å². The summed E-state index contributed by atoms with van der Waals surface area (Å²) in [5, 5.41) is 0. The van der Waals surface area contributed by atoms with Crippen LogP contribution in [0.15, 0.2) is 12.3 Å². The summed E-state index contributed by atoms with van der Waals surface area (Å²) < 4.78 is 4.94. The van der Waals surface area contributed by atoms with Crippen molar-refractivity contribution in [1.82, 2.24) is 4.98 Å². The number of rotatable bonds is 5. The van der Waals surface area contributed by atoms with Crippen molar-refractivity contribution in [2.24, 2.45) is 0 Å². The second-order valence-corrected chi connectivity index (χ2v) is 3.77. The van der Waals surface area contributed by atoms with Crippen LogP contribution in [0.4, 0.5) is 11.5 Å². The maximum Gasteiger partial charge on any atom is 0.340 e. The number of nitrogens with two attached hydrogens (primary N) is 1. The summed E-state index contributed by atoms with van der Waals surface area (Å²) in [5.74, 6) is 0.322. The number of nitrogens with zero attached hydrogens (tertiary/aromatic N) is 2.